The Labute approximate surface area is 184 Å². The molecule has 1 N–H and O–H groups in total. The van der Waals surface area contributed by atoms with Crippen molar-refractivity contribution >= 4 is 11.8 Å². The highest BCUT2D eigenvalue weighted by atomic mass is 19.1. The molecule has 0 bridgehead atoms. The number of nitrogens with one attached hydrogen (secondary N) is 1. The summed E-state index contributed by atoms with van der Waals surface area (Å²) >= 11 is 0. The highest BCUT2D eigenvalue weighted by molar-refractivity contribution is 5.88. The normalized spacial score (nSPS) is 12.7. The maximum Gasteiger partial charge on any atom is 0.261 e. The second-order valence-electron chi connectivity index (χ2n) is 7.95. The van der Waals surface area contributed by atoms with E-state index in [4.69, 9.17) is 4.74 Å². The third-order valence-electron chi connectivity index (χ3n) is 5.33. The van der Waals surface area contributed by atoms with Gasteiger partial charge in [-0.1, -0.05) is 43.7 Å². The second kappa shape index (κ2) is 11.5. The highest BCUT2D eigenvalue weighted by Gasteiger charge is 2.29. The van der Waals surface area contributed by atoms with Crippen LogP contribution in [0.15, 0.2) is 42.5 Å². The summed E-state index contributed by atoms with van der Waals surface area (Å²) in [5, 5.41) is 2.97. The molecule has 0 saturated carbocycles. The van der Waals surface area contributed by atoms with Crippen LogP contribution in [0, 0.1) is 19.7 Å². The van der Waals surface area contributed by atoms with E-state index in [1.165, 1.54) is 17.0 Å². The molecule has 0 aliphatic heterocycles. The van der Waals surface area contributed by atoms with E-state index in [2.05, 4.69) is 5.32 Å². The number of rotatable bonds is 10. The van der Waals surface area contributed by atoms with E-state index in [9.17, 15) is 14.0 Å². The molecule has 2 rings (SSSR count). The lowest BCUT2D eigenvalue weighted by molar-refractivity contribution is -0.143. The third-order valence-corrected chi connectivity index (χ3v) is 5.33. The Kier molecular flexibility index (Phi) is 9.03. The zero-order chi connectivity index (χ0) is 23.0. The predicted octanol–water partition coefficient (Wildman–Crippen LogP) is 4.54. The molecule has 5 nitrogen and oxygen atoms in total. The maximum atomic E-state index is 13.3. The smallest absolute Gasteiger partial charge is 0.261 e. The summed E-state index contributed by atoms with van der Waals surface area (Å²) in [7, 11) is 0. The number of hydrogen-bond donors (Lipinski definition) is 1. The van der Waals surface area contributed by atoms with Crippen LogP contribution < -0.4 is 10.1 Å². The highest BCUT2D eigenvalue weighted by Crippen LogP contribution is 2.20. The van der Waals surface area contributed by atoms with Gasteiger partial charge in [0.05, 0.1) is 0 Å². The molecule has 0 spiro atoms. The van der Waals surface area contributed by atoms with Gasteiger partial charge in [0.15, 0.2) is 6.61 Å². The van der Waals surface area contributed by atoms with Crippen molar-refractivity contribution in [1.29, 1.82) is 0 Å². The van der Waals surface area contributed by atoms with Crippen molar-refractivity contribution in [2.24, 2.45) is 0 Å². The molecule has 2 aromatic carbocycles. The van der Waals surface area contributed by atoms with Gasteiger partial charge in [-0.3, -0.25) is 9.59 Å². The first-order valence-electron chi connectivity index (χ1n) is 10.8. The van der Waals surface area contributed by atoms with Crippen LogP contribution >= 0.6 is 0 Å². The van der Waals surface area contributed by atoms with Gasteiger partial charge < -0.3 is 15.0 Å². The molecule has 31 heavy (non-hydrogen) atoms. The van der Waals surface area contributed by atoms with Crippen molar-refractivity contribution in [3.8, 4) is 5.75 Å². The number of carbonyl (C=O) groups excluding carboxylic acids is 2. The molecule has 0 aliphatic carbocycles. The first kappa shape index (κ1) is 24.4. The van der Waals surface area contributed by atoms with Gasteiger partial charge in [-0.2, -0.15) is 0 Å². The van der Waals surface area contributed by atoms with E-state index < -0.39 is 6.04 Å². The van der Waals surface area contributed by atoms with Crippen molar-refractivity contribution in [3.05, 3.63) is 65.0 Å². The molecule has 0 unspecified atom stereocenters. The van der Waals surface area contributed by atoms with E-state index in [0.29, 0.717) is 12.2 Å². The van der Waals surface area contributed by atoms with Crippen molar-refractivity contribution in [1.82, 2.24) is 10.2 Å². The molecule has 0 saturated heterocycles. The van der Waals surface area contributed by atoms with Crippen LogP contribution in [0.3, 0.4) is 0 Å². The molecule has 0 aromatic heterocycles. The second-order valence-corrected chi connectivity index (χ2v) is 7.95. The largest absolute Gasteiger partial charge is 0.483 e. The minimum absolute atomic E-state index is 0.00998. The van der Waals surface area contributed by atoms with E-state index in [-0.39, 0.29) is 36.8 Å². The molecule has 168 valence electrons. The van der Waals surface area contributed by atoms with E-state index in [1.54, 1.807) is 12.1 Å². The van der Waals surface area contributed by atoms with E-state index in [0.717, 1.165) is 23.1 Å². The first-order valence-corrected chi connectivity index (χ1v) is 10.8. The number of ether oxygens (including phenoxy) is 1. The van der Waals surface area contributed by atoms with Gasteiger partial charge in [0.1, 0.15) is 17.6 Å². The van der Waals surface area contributed by atoms with Crippen LogP contribution in [0.1, 0.15) is 50.3 Å². The summed E-state index contributed by atoms with van der Waals surface area (Å²) < 4.78 is 19.1. The van der Waals surface area contributed by atoms with Crippen LogP contribution in [0.4, 0.5) is 4.39 Å². The number of benzene rings is 2. The Morgan fingerprint density at radius 2 is 1.74 bits per heavy atom. The quantitative estimate of drug-likeness (QED) is 0.604. The average Bonchev–Trinajstić information content (AvgIpc) is 2.74. The fourth-order valence-corrected chi connectivity index (χ4v) is 3.33. The van der Waals surface area contributed by atoms with E-state index >= 15 is 0 Å². The van der Waals surface area contributed by atoms with Crippen LogP contribution in [-0.2, 0) is 16.1 Å². The molecular formula is C25H33FN2O3. The molecule has 2 aromatic rings. The summed E-state index contributed by atoms with van der Waals surface area (Å²) in [6.07, 6.45) is 1.25. The summed E-state index contributed by atoms with van der Waals surface area (Å²) in [5.74, 6) is -0.201. The SMILES string of the molecule is CC[C@H](C(=O)N[C@@H](C)CC)N(Cc1ccc(F)cc1)C(=O)COc1ccc(C)cc1C. The lowest BCUT2D eigenvalue weighted by atomic mass is 10.1. The van der Waals surface area contributed by atoms with Crippen molar-refractivity contribution in [2.45, 2.75) is 66.1 Å². The number of hydrogen-bond acceptors (Lipinski definition) is 3. The van der Waals surface area contributed by atoms with Crippen molar-refractivity contribution in [3.63, 3.8) is 0 Å². The van der Waals surface area contributed by atoms with Crippen LogP contribution in [-0.4, -0.2) is 35.4 Å². The predicted molar refractivity (Wildman–Crippen MR) is 120 cm³/mol. The lowest BCUT2D eigenvalue weighted by Gasteiger charge is -2.31. The van der Waals surface area contributed by atoms with Gasteiger partial charge in [-0.05, 0) is 62.9 Å². The molecule has 0 fully saturated rings. The minimum Gasteiger partial charge on any atom is -0.483 e. The van der Waals surface area contributed by atoms with E-state index in [1.807, 2.05) is 52.8 Å². The summed E-state index contributed by atoms with van der Waals surface area (Å²) in [5.41, 5.74) is 2.80. The Bertz CT molecular complexity index is 883. The lowest BCUT2D eigenvalue weighted by Crippen LogP contribution is -2.51. The molecule has 0 heterocycles. The van der Waals surface area contributed by atoms with Gasteiger partial charge in [0, 0.05) is 12.6 Å². The van der Waals surface area contributed by atoms with Gasteiger partial charge in [0.25, 0.3) is 5.91 Å². The molecular weight excluding hydrogens is 395 g/mol. The Morgan fingerprint density at radius 3 is 2.32 bits per heavy atom. The standard InChI is InChI=1S/C25H33FN2O3/c1-6-19(5)27-25(30)22(7-2)28(15-20-9-11-21(26)12-10-20)24(29)16-31-23-13-8-17(3)14-18(23)4/h8-14,19,22H,6-7,15-16H2,1-5H3,(H,27,30)/t19-,22+/m0/s1. The Hall–Kier alpha value is -2.89. The van der Waals surface area contributed by atoms with Crippen LogP contribution in [0.25, 0.3) is 0 Å². The van der Waals surface area contributed by atoms with Gasteiger partial charge in [-0.25, -0.2) is 4.39 Å². The number of aryl methyl sites for hydroxylation is 2. The summed E-state index contributed by atoms with van der Waals surface area (Å²) in [6.45, 7) is 9.73. The van der Waals surface area contributed by atoms with Gasteiger partial charge in [-0.15, -0.1) is 0 Å². The van der Waals surface area contributed by atoms with Crippen molar-refractivity contribution in [2.75, 3.05) is 6.61 Å². The van der Waals surface area contributed by atoms with Gasteiger partial charge >= 0.3 is 0 Å². The number of carbonyl (C=O) groups is 2. The number of amides is 2. The fourth-order valence-electron chi connectivity index (χ4n) is 3.33. The Morgan fingerprint density at radius 1 is 1.06 bits per heavy atom. The Balaban J connectivity index is 2.22. The molecule has 2 amide bonds. The molecule has 2 atom stereocenters. The maximum absolute atomic E-state index is 13.3. The molecule has 0 radical (unpaired) electrons. The topological polar surface area (TPSA) is 58.6 Å². The fraction of sp³-hybridized carbons (Fsp3) is 0.440. The first-order chi connectivity index (χ1) is 14.7. The zero-order valence-corrected chi connectivity index (χ0v) is 19.1. The van der Waals surface area contributed by atoms with Crippen LogP contribution in [0.2, 0.25) is 0 Å². The monoisotopic (exact) mass is 428 g/mol. The molecule has 0 aliphatic rings. The number of nitrogens with zero attached hydrogens (tertiary/aromatic N) is 1. The average molecular weight is 429 g/mol. The number of halogens is 1. The van der Waals surface area contributed by atoms with Crippen LogP contribution in [0.5, 0.6) is 5.75 Å². The third kappa shape index (κ3) is 7.09. The molecule has 6 heteroatoms. The van der Waals surface area contributed by atoms with Crippen molar-refractivity contribution < 1.29 is 18.7 Å². The summed E-state index contributed by atoms with van der Waals surface area (Å²) in [4.78, 5) is 27.6. The minimum atomic E-state index is -0.644. The summed E-state index contributed by atoms with van der Waals surface area (Å²) in [6, 6.07) is 11.1. The zero-order valence-electron chi connectivity index (χ0n) is 19.1. The van der Waals surface area contributed by atoms with Gasteiger partial charge in [0.2, 0.25) is 5.91 Å².